The minimum Gasteiger partial charge on any atom is -0.488 e. The Hall–Kier alpha value is -3.68. The molecule has 0 unspecified atom stereocenters. The van der Waals surface area contributed by atoms with Crippen molar-refractivity contribution in [3.63, 3.8) is 0 Å². The van der Waals surface area contributed by atoms with Crippen LogP contribution in [0.15, 0.2) is 35.1 Å². The van der Waals surface area contributed by atoms with Crippen molar-refractivity contribution in [1.82, 2.24) is 14.5 Å². The summed E-state index contributed by atoms with van der Waals surface area (Å²) in [6, 6.07) is 10.1. The van der Waals surface area contributed by atoms with E-state index in [1.54, 1.807) is 6.08 Å². The predicted molar refractivity (Wildman–Crippen MR) is 102 cm³/mol. The minimum absolute atomic E-state index is 0.0310. The lowest BCUT2D eigenvalue weighted by Gasteiger charge is -2.10. The van der Waals surface area contributed by atoms with Crippen molar-refractivity contribution >= 4 is 17.8 Å². The zero-order chi connectivity index (χ0) is 19.7. The molecule has 0 saturated heterocycles. The normalized spacial score (nSPS) is 11.2. The Morgan fingerprint density at radius 1 is 1.22 bits per heavy atom. The third kappa shape index (κ3) is 3.50. The lowest BCUT2D eigenvalue weighted by Crippen LogP contribution is -2.14. The number of nitro groups is 1. The average molecular weight is 366 g/mol. The Labute approximate surface area is 154 Å². The van der Waals surface area contributed by atoms with E-state index in [1.165, 1.54) is 6.08 Å². The van der Waals surface area contributed by atoms with Gasteiger partial charge in [-0.15, -0.1) is 0 Å². The molecule has 3 rings (SSSR count). The van der Waals surface area contributed by atoms with Gasteiger partial charge in [-0.3, -0.25) is 14.9 Å². The van der Waals surface area contributed by atoms with Crippen LogP contribution in [0.3, 0.4) is 0 Å². The molecule has 27 heavy (non-hydrogen) atoms. The molecule has 2 N–H and O–H groups in total. The van der Waals surface area contributed by atoms with Gasteiger partial charge in [0.15, 0.2) is 0 Å². The van der Waals surface area contributed by atoms with E-state index in [4.69, 9.17) is 0 Å². The molecule has 2 aromatic heterocycles. The molecule has 0 fully saturated rings. The summed E-state index contributed by atoms with van der Waals surface area (Å²) in [6.45, 7) is 5.99. The summed E-state index contributed by atoms with van der Waals surface area (Å²) in [7, 11) is 0. The molecule has 1 aromatic carbocycles. The third-order valence-corrected chi connectivity index (χ3v) is 4.23. The fourth-order valence-electron chi connectivity index (χ4n) is 3.00. The summed E-state index contributed by atoms with van der Waals surface area (Å²) in [6.07, 6.45) is 3.23. The second kappa shape index (κ2) is 6.91. The number of aromatic nitrogens is 3. The summed E-state index contributed by atoms with van der Waals surface area (Å²) < 4.78 is 2.11. The van der Waals surface area contributed by atoms with Crippen LogP contribution in [0, 0.1) is 30.9 Å². The number of H-pyrrole nitrogens is 1. The molecule has 138 valence electrons. The average Bonchev–Trinajstić information content (AvgIpc) is 2.85. The molecule has 0 amide bonds. The molecule has 0 spiro atoms. The van der Waals surface area contributed by atoms with Crippen LogP contribution < -0.4 is 5.56 Å². The number of benzene rings is 1. The molecular weight excluding hydrogens is 348 g/mol. The van der Waals surface area contributed by atoms with Gasteiger partial charge in [0.2, 0.25) is 0 Å². The Morgan fingerprint density at radius 2 is 1.96 bits per heavy atom. The summed E-state index contributed by atoms with van der Waals surface area (Å²) in [4.78, 5) is 27.4. The molecule has 2 heterocycles. The first-order valence-corrected chi connectivity index (χ1v) is 8.19. The molecule has 0 aliphatic heterocycles. The van der Waals surface area contributed by atoms with Gasteiger partial charge in [-0.05, 0) is 62.2 Å². The standard InChI is InChI=1S/C19H18N4O4/c1-11-5-4-6-15(9-11)22-12(2)10-14(13(22)3)7-8-16-20-18(24)17(23(26)27)19(25)21-16/h4-10H,1-3H3,(H2,20,21,24,25). The van der Waals surface area contributed by atoms with Crippen LogP contribution >= 0.6 is 0 Å². The molecule has 0 saturated carbocycles. The Kier molecular flexibility index (Phi) is 4.64. The maximum atomic E-state index is 11.7. The molecule has 0 aliphatic rings. The maximum absolute atomic E-state index is 11.7. The number of hydrogen-bond donors (Lipinski definition) is 2. The number of nitrogens with one attached hydrogen (secondary N) is 1. The molecule has 3 aromatic rings. The molecule has 0 bridgehead atoms. The van der Waals surface area contributed by atoms with Crippen LogP contribution in [0.25, 0.3) is 17.8 Å². The highest BCUT2D eigenvalue weighted by atomic mass is 16.6. The second-order valence-electron chi connectivity index (χ2n) is 6.21. The van der Waals surface area contributed by atoms with Crippen molar-refractivity contribution in [3.05, 3.63) is 79.1 Å². The van der Waals surface area contributed by atoms with Crippen LogP contribution in [0.5, 0.6) is 5.88 Å². The Bertz CT molecular complexity index is 1130. The second-order valence-corrected chi connectivity index (χ2v) is 6.21. The van der Waals surface area contributed by atoms with Crippen LogP contribution in [0.1, 0.15) is 28.3 Å². The fraction of sp³-hybridized carbons (Fsp3) is 0.158. The largest absolute Gasteiger partial charge is 0.488 e. The van der Waals surface area contributed by atoms with Crippen LogP contribution in [-0.2, 0) is 0 Å². The van der Waals surface area contributed by atoms with Crippen LogP contribution in [-0.4, -0.2) is 24.6 Å². The van der Waals surface area contributed by atoms with Gasteiger partial charge in [0, 0.05) is 17.1 Å². The molecule has 0 atom stereocenters. The Balaban J connectivity index is 1.99. The number of hydrogen-bond acceptors (Lipinski definition) is 5. The van der Waals surface area contributed by atoms with E-state index in [0.29, 0.717) is 0 Å². The van der Waals surface area contributed by atoms with Crippen molar-refractivity contribution < 1.29 is 10.0 Å². The first kappa shape index (κ1) is 18.1. The van der Waals surface area contributed by atoms with Crippen molar-refractivity contribution in [2.75, 3.05) is 0 Å². The topological polar surface area (TPSA) is 114 Å². The predicted octanol–water partition coefficient (Wildman–Crippen LogP) is 3.27. The van der Waals surface area contributed by atoms with E-state index in [-0.39, 0.29) is 5.82 Å². The van der Waals surface area contributed by atoms with Gasteiger partial charge < -0.3 is 14.7 Å². The van der Waals surface area contributed by atoms with Crippen molar-refractivity contribution in [2.45, 2.75) is 20.8 Å². The van der Waals surface area contributed by atoms with E-state index in [2.05, 4.69) is 20.6 Å². The first-order chi connectivity index (χ1) is 12.8. The van der Waals surface area contributed by atoms with Crippen molar-refractivity contribution in [2.24, 2.45) is 0 Å². The molecule has 8 nitrogen and oxygen atoms in total. The van der Waals surface area contributed by atoms with Gasteiger partial charge in [0.1, 0.15) is 5.82 Å². The van der Waals surface area contributed by atoms with Gasteiger partial charge in [0.25, 0.3) is 5.88 Å². The Morgan fingerprint density at radius 3 is 2.59 bits per heavy atom. The zero-order valence-electron chi connectivity index (χ0n) is 15.1. The summed E-state index contributed by atoms with van der Waals surface area (Å²) in [5.74, 6) is -0.878. The molecule has 0 radical (unpaired) electrons. The highest BCUT2D eigenvalue weighted by molar-refractivity contribution is 5.69. The number of nitrogens with zero attached hydrogens (tertiary/aromatic N) is 3. The smallest absolute Gasteiger partial charge is 0.395 e. The molecular formula is C19H18N4O4. The van der Waals surface area contributed by atoms with Gasteiger partial charge in [-0.1, -0.05) is 12.1 Å². The van der Waals surface area contributed by atoms with E-state index in [1.807, 2.05) is 45.0 Å². The van der Waals surface area contributed by atoms with Gasteiger partial charge in [-0.2, -0.15) is 4.98 Å². The molecule has 8 heteroatoms. The summed E-state index contributed by atoms with van der Waals surface area (Å²) >= 11 is 0. The molecule has 0 aliphatic carbocycles. The first-order valence-electron chi connectivity index (χ1n) is 8.19. The lowest BCUT2D eigenvalue weighted by molar-refractivity contribution is -0.387. The van der Waals surface area contributed by atoms with E-state index < -0.39 is 22.0 Å². The van der Waals surface area contributed by atoms with Crippen molar-refractivity contribution in [3.8, 4) is 11.6 Å². The highest BCUT2D eigenvalue weighted by Gasteiger charge is 2.21. The number of aromatic amines is 1. The van der Waals surface area contributed by atoms with Crippen LogP contribution in [0.4, 0.5) is 5.69 Å². The maximum Gasteiger partial charge on any atom is 0.395 e. The highest BCUT2D eigenvalue weighted by Crippen LogP contribution is 2.23. The summed E-state index contributed by atoms with van der Waals surface area (Å²) in [5, 5.41) is 20.3. The fourth-order valence-corrected chi connectivity index (χ4v) is 3.00. The van der Waals surface area contributed by atoms with Crippen molar-refractivity contribution in [1.29, 1.82) is 0 Å². The van der Waals surface area contributed by atoms with Gasteiger partial charge in [-0.25, -0.2) is 0 Å². The van der Waals surface area contributed by atoms with Gasteiger partial charge >= 0.3 is 11.2 Å². The number of aromatic hydroxyl groups is 1. The number of aryl methyl sites for hydroxylation is 2. The lowest BCUT2D eigenvalue weighted by atomic mass is 10.2. The van der Waals surface area contributed by atoms with E-state index in [0.717, 1.165) is 28.2 Å². The summed E-state index contributed by atoms with van der Waals surface area (Å²) in [5.41, 5.74) is 3.15. The van der Waals surface area contributed by atoms with Gasteiger partial charge in [0.05, 0.1) is 4.92 Å². The van der Waals surface area contributed by atoms with Crippen LogP contribution in [0.2, 0.25) is 0 Å². The quantitative estimate of drug-likeness (QED) is 0.543. The zero-order valence-corrected chi connectivity index (χ0v) is 15.1. The minimum atomic E-state index is -1.00. The third-order valence-electron chi connectivity index (χ3n) is 4.23. The number of rotatable bonds is 4. The van der Waals surface area contributed by atoms with E-state index in [9.17, 15) is 20.0 Å². The SMILES string of the molecule is Cc1cccc(-n2c(C)cc(C=Cc3nc(O)c([N+](=O)[O-])c(=O)[nH]3)c2C)c1. The van der Waals surface area contributed by atoms with E-state index >= 15 is 0 Å². The monoisotopic (exact) mass is 366 g/mol.